The zero-order chi connectivity index (χ0) is 23.4. The Labute approximate surface area is 204 Å². The van der Waals surface area contributed by atoms with Crippen LogP contribution in [0.1, 0.15) is 110 Å². The number of unbranched alkanes of at least 4 members (excludes halogenated alkanes) is 12. The molecule has 0 aliphatic carbocycles. The molecule has 4 nitrogen and oxygen atoms in total. The monoisotopic (exact) mass is 486 g/mol. The van der Waals surface area contributed by atoms with Crippen molar-refractivity contribution < 1.29 is 19.1 Å². The Morgan fingerprint density at radius 3 is 1.84 bits per heavy atom. The Morgan fingerprint density at radius 2 is 1.25 bits per heavy atom. The number of hydrogen-bond donors (Lipinski definition) is 0. The molecule has 1 rings (SSSR count). The minimum atomic E-state index is -0.446. The molecule has 0 fully saturated rings. The zero-order valence-corrected chi connectivity index (χ0v) is 21.2. The Bertz CT molecular complexity index is 649. The summed E-state index contributed by atoms with van der Waals surface area (Å²) in [5.74, 6) is -0.481. The van der Waals surface area contributed by atoms with Crippen molar-refractivity contribution in [2.75, 3.05) is 6.61 Å². The number of benzene rings is 1. The van der Waals surface area contributed by atoms with Gasteiger partial charge < -0.3 is 9.47 Å². The lowest BCUT2D eigenvalue weighted by atomic mass is 10.0. The van der Waals surface area contributed by atoms with Crippen LogP contribution in [0.3, 0.4) is 0 Å². The number of carbonyl (C=O) groups is 2. The average molecular weight is 488 g/mol. The second-order valence-electron chi connectivity index (χ2n) is 8.34. The lowest BCUT2D eigenvalue weighted by molar-refractivity contribution is -0.144. The molecule has 1 aromatic carbocycles. The van der Waals surface area contributed by atoms with Gasteiger partial charge in [-0.25, -0.2) is 0 Å². The van der Waals surface area contributed by atoms with Crippen LogP contribution in [0.25, 0.3) is 0 Å². The fraction of sp³-hybridized carbons (Fsp3) is 0.692. The molecule has 0 aliphatic heterocycles. The molecule has 0 bridgehead atoms. The van der Waals surface area contributed by atoms with E-state index in [1.165, 1.54) is 70.6 Å². The molecule has 0 spiro atoms. The summed E-state index contributed by atoms with van der Waals surface area (Å²) < 4.78 is 10.4. The molecule has 182 valence electrons. The summed E-state index contributed by atoms with van der Waals surface area (Å²) in [5, 5.41) is 0.536. The third-order valence-corrected chi connectivity index (χ3v) is 6.21. The Kier molecular flexibility index (Phi) is 17.3. The molecular weight excluding hydrogens is 447 g/mol. The van der Waals surface area contributed by atoms with Gasteiger partial charge in [-0.3, -0.25) is 9.59 Å². The van der Waals surface area contributed by atoms with Gasteiger partial charge in [0.1, 0.15) is 5.02 Å². The van der Waals surface area contributed by atoms with Crippen LogP contribution in [-0.2, 0) is 14.3 Å². The van der Waals surface area contributed by atoms with E-state index in [1.54, 1.807) is 18.2 Å². The Hall–Kier alpha value is -1.26. The van der Waals surface area contributed by atoms with Crippen molar-refractivity contribution in [1.29, 1.82) is 0 Å². The maximum atomic E-state index is 11.9. The molecule has 32 heavy (non-hydrogen) atoms. The van der Waals surface area contributed by atoms with Crippen LogP contribution in [-0.4, -0.2) is 18.5 Å². The van der Waals surface area contributed by atoms with E-state index in [9.17, 15) is 9.59 Å². The standard InChI is InChI=1S/C26H40Cl2O4/c1-2-3-4-5-6-7-8-9-10-11-12-13-14-21-31-24(29)19-16-20-25(30)32-23-18-15-17-22(27)26(23)28/h15,17-18H,2-14,16,19-21H2,1H3. The number of esters is 2. The van der Waals surface area contributed by atoms with Crippen LogP contribution in [0.5, 0.6) is 5.75 Å². The molecule has 0 saturated heterocycles. The molecule has 0 saturated carbocycles. The van der Waals surface area contributed by atoms with E-state index in [4.69, 9.17) is 32.7 Å². The van der Waals surface area contributed by atoms with Crippen LogP contribution >= 0.6 is 23.2 Å². The predicted molar refractivity (Wildman–Crippen MR) is 133 cm³/mol. The van der Waals surface area contributed by atoms with Gasteiger partial charge in [-0.15, -0.1) is 0 Å². The first kappa shape index (κ1) is 28.8. The number of halogens is 2. The number of carbonyl (C=O) groups excluding carboxylic acids is 2. The van der Waals surface area contributed by atoms with Gasteiger partial charge in [0.05, 0.1) is 11.6 Å². The smallest absolute Gasteiger partial charge is 0.311 e. The fourth-order valence-corrected chi connectivity index (χ4v) is 3.82. The minimum Gasteiger partial charge on any atom is -0.466 e. The topological polar surface area (TPSA) is 52.6 Å². The maximum absolute atomic E-state index is 11.9. The molecule has 0 amide bonds. The molecule has 0 heterocycles. The average Bonchev–Trinajstić information content (AvgIpc) is 2.77. The Morgan fingerprint density at radius 1 is 0.719 bits per heavy atom. The third-order valence-electron chi connectivity index (χ3n) is 5.41. The molecule has 6 heteroatoms. The fourth-order valence-electron chi connectivity index (χ4n) is 3.49. The normalized spacial score (nSPS) is 10.8. The van der Waals surface area contributed by atoms with E-state index in [1.807, 2.05) is 0 Å². The first-order valence-electron chi connectivity index (χ1n) is 12.3. The van der Waals surface area contributed by atoms with Gasteiger partial charge in [0, 0.05) is 12.8 Å². The van der Waals surface area contributed by atoms with Gasteiger partial charge in [0.25, 0.3) is 0 Å². The van der Waals surface area contributed by atoms with Crippen molar-refractivity contribution >= 4 is 35.1 Å². The van der Waals surface area contributed by atoms with Gasteiger partial charge in [-0.2, -0.15) is 0 Å². The summed E-state index contributed by atoms with van der Waals surface area (Å²) >= 11 is 11.9. The highest BCUT2D eigenvalue weighted by molar-refractivity contribution is 6.43. The van der Waals surface area contributed by atoms with Crippen molar-refractivity contribution in [1.82, 2.24) is 0 Å². The van der Waals surface area contributed by atoms with Gasteiger partial charge in [0.2, 0.25) is 0 Å². The predicted octanol–water partition coefficient (Wildman–Crippen LogP) is 8.70. The third kappa shape index (κ3) is 14.7. The second kappa shape index (κ2) is 19.2. The highest BCUT2D eigenvalue weighted by atomic mass is 35.5. The first-order valence-corrected chi connectivity index (χ1v) is 13.1. The van der Waals surface area contributed by atoms with Gasteiger partial charge in [0.15, 0.2) is 5.75 Å². The first-order chi connectivity index (χ1) is 15.5. The maximum Gasteiger partial charge on any atom is 0.311 e. The van der Waals surface area contributed by atoms with Gasteiger partial charge >= 0.3 is 11.9 Å². The van der Waals surface area contributed by atoms with Gasteiger partial charge in [-0.1, -0.05) is 113 Å². The van der Waals surface area contributed by atoms with E-state index in [-0.39, 0.29) is 29.6 Å². The number of hydrogen-bond acceptors (Lipinski definition) is 4. The summed E-state index contributed by atoms with van der Waals surface area (Å²) in [6.07, 6.45) is 17.5. The van der Waals surface area contributed by atoms with E-state index in [0.29, 0.717) is 18.1 Å². The Balaban J connectivity index is 1.90. The van der Waals surface area contributed by atoms with Crippen molar-refractivity contribution in [2.45, 2.75) is 110 Å². The summed E-state index contributed by atoms with van der Waals surface area (Å²) in [7, 11) is 0. The SMILES string of the molecule is CCCCCCCCCCCCCCCOC(=O)CCCC(=O)Oc1cccc(Cl)c1Cl. The zero-order valence-electron chi connectivity index (χ0n) is 19.6. The molecule has 0 aliphatic rings. The summed E-state index contributed by atoms with van der Waals surface area (Å²) in [5.41, 5.74) is 0. The van der Waals surface area contributed by atoms with Crippen LogP contribution < -0.4 is 4.74 Å². The number of ether oxygens (including phenoxy) is 2. The van der Waals surface area contributed by atoms with E-state index in [2.05, 4.69) is 6.92 Å². The van der Waals surface area contributed by atoms with Crippen LogP contribution in [0.4, 0.5) is 0 Å². The van der Waals surface area contributed by atoms with E-state index in [0.717, 1.165) is 12.8 Å². The highest BCUT2D eigenvalue weighted by Gasteiger charge is 2.12. The lowest BCUT2D eigenvalue weighted by Gasteiger charge is -2.07. The largest absolute Gasteiger partial charge is 0.466 e. The molecule has 1 aromatic rings. The van der Waals surface area contributed by atoms with Crippen LogP contribution in [0.15, 0.2) is 18.2 Å². The van der Waals surface area contributed by atoms with Crippen molar-refractivity contribution in [3.63, 3.8) is 0 Å². The summed E-state index contributed by atoms with van der Waals surface area (Å²) in [6.45, 7) is 2.71. The molecule has 0 atom stereocenters. The number of rotatable bonds is 19. The van der Waals surface area contributed by atoms with Crippen molar-refractivity contribution in [2.24, 2.45) is 0 Å². The molecule has 0 radical (unpaired) electrons. The van der Waals surface area contributed by atoms with E-state index >= 15 is 0 Å². The lowest BCUT2D eigenvalue weighted by Crippen LogP contribution is -2.10. The van der Waals surface area contributed by atoms with Crippen molar-refractivity contribution in [3.8, 4) is 5.75 Å². The molecular formula is C26H40Cl2O4. The second-order valence-corrected chi connectivity index (χ2v) is 9.13. The molecule has 0 aromatic heterocycles. The quantitative estimate of drug-likeness (QED) is 0.111. The molecule has 0 unspecified atom stereocenters. The van der Waals surface area contributed by atoms with E-state index < -0.39 is 5.97 Å². The summed E-state index contributed by atoms with van der Waals surface area (Å²) in [6, 6.07) is 4.86. The van der Waals surface area contributed by atoms with Crippen molar-refractivity contribution in [3.05, 3.63) is 28.2 Å². The highest BCUT2D eigenvalue weighted by Crippen LogP contribution is 2.31. The summed E-state index contributed by atoms with van der Waals surface area (Å²) in [4.78, 5) is 23.7. The van der Waals surface area contributed by atoms with Crippen LogP contribution in [0.2, 0.25) is 10.0 Å². The van der Waals surface area contributed by atoms with Crippen LogP contribution in [0, 0.1) is 0 Å². The van der Waals surface area contributed by atoms with Gasteiger partial charge in [-0.05, 0) is 25.0 Å². The molecule has 0 N–H and O–H groups in total. The minimum absolute atomic E-state index is 0.122.